The van der Waals surface area contributed by atoms with Crippen LogP contribution in [0, 0.1) is 0 Å². The molecule has 1 aromatic carbocycles. The number of rotatable bonds is 5. The number of aromatic nitrogens is 2. The zero-order valence-electron chi connectivity index (χ0n) is 10.5. The van der Waals surface area contributed by atoms with Crippen molar-refractivity contribution < 1.29 is 9.26 Å². The summed E-state index contributed by atoms with van der Waals surface area (Å²) in [5.41, 5.74) is 6.98. The predicted molar refractivity (Wildman–Crippen MR) is 67.1 cm³/mol. The Labute approximate surface area is 106 Å². The number of nitrogens with zero attached hydrogens (tertiary/aromatic N) is 2. The molecule has 2 rings (SSSR count). The van der Waals surface area contributed by atoms with Gasteiger partial charge in [-0.1, -0.05) is 35.5 Å². The molecule has 1 heterocycles. The van der Waals surface area contributed by atoms with Gasteiger partial charge in [0.2, 0.25) is 5.89 Å². The molecule has 0 aliphatic rings. The van der Waals surface area contributed by atoms with Gasteiger partial charge in [0.05, 0.1) is 18.6 Å². The van der Waals surface area contributed by atoms with Crippen molar-refractivity contribution in [3.05, 3.63) is 47.6 Å². The van der Waals surface area contributed by atoms with E-state index in [1.54, 1.807) is 7.11 Å². The van der Waals surface area contributed by atoms with E-state index in [0.29, 0.717) is 18.3 Å². The van der Waals surface area contributed by atoms with E-state index in [0.717, 1.165) is 5.56 Å². The van der Waals surface area contributed by atoms with E-state index in [4.69, 9.17) is 15.0 Å². The van der Waals surface area contributed by atoms with Crippen LogP contribution in [0.25, 0.3) is 0 Å². The number of benzene rings is 1. The first kappa shape index (κ1) is 12.7. The highest BCUT2D eigenvalue weighted by molar-refractivity contribution is 5.23. The fourth-order valence-electron chi connectivity index (χ4n) is 1.71. The second-order valence-corrected chi connectivity index (χ2v) is 4.19. The van der Waals surface area contributed by atoms with Gasteiger partial charge in [0.25, 0.3) is 0 Å². The van der Waals surface area contributed by atoms with Crippen molar-refractivity contribution in [1.29, 1.82) is 0 Å². The first-order chi connectivity index (χ1) is 8.72. The largest absolute Gasteiger partial charge is 0.383 e. The molecular weight excluding hydrogens is 230 g/mol. The van der Waals surface area contributed by atoms with E-state index in [9.17, 15) is 0 Å². The van der Waals surface area contributed by atoms with E-state index in [1.807, 2.05) is 37.3 Å². The van der Waals surface area contributed by atoms with Gasteiger partial charge >= 0.3 is 0 Å². The predicted octanol–water partition coefficient (Wildman–Crippen LogP) is 1.87. The van der Waals surface area contributed by atoms with Crippen LogP contribution in [0.1, 0.15) is 36.2 Å². The first-order valence-corrected chi connectivity index (χ1v) is 5.85. The number of hydrogen-bond donors (Lipinski definition) is 1. The SMILES string of the molecule is COCC(N)c1noc(C(C)c2ccccc2)n1. The van der Waals surface area contributed by atoms with E-state index in [2.05, 4.69) is 10.1 Å². The molecule has 0 amide bonds. The van der Waals surface area contributed by atoms with Gasteiger partial charge in [-0.3, -0.25) is 0 Å². The summed E-state index contributed by atoms with van der Waals surface area (Å²) < 4.78 is 10.2. The number of ether oxygens (including phenoxy) is 1. The summed E-state index contributed by atoms with van der Waals surface area (Å²) in [7, 11) is 1.59. The van der Waals surface area contributed by atoms with Crippen LogP contribution in [0.15, 0.2) is 34.9 Å². The minimum absolute atomic E-state index is 0.0576. The van der Waals surface area contributed by atoms with Crippen LogP contribution < -0.4 is 5.73 Å². The van der Waals surface area contributed by atoms with Crippen LogP contribution in [0.2, 0.25) is 0 Å². The van der Waals surface area contributed by atoms with Crippen molar-refractivity contribution in [2.45, 2.75) is 18.9 Å². The molecule has 2 unspecified atom stereocenters. The van der Waals surface area contributed by atoms with Crippen LogP contribution in [0.3, 0.4) is 0 Å². The quantitative estimate of drug-likeness (QED) is 0.873. The van der Waals surface area contributed by atoms with Gasteiger partial charge in [-0.15, -0.1) is 0 Å². The molecule has 0 saturated carbocycles. The highest BCUT2D eigenvalue weighted by atomic mass is 16.5. The van der Waals surface area contributed by atoms with Crippen LogP contribution in [-0.4, -0.2) is 23.9 Å². The van der Waals surface area contributed by atoms with Crippen molar-refractivity contribution in [1.82, 2.24) is 10.1 Å². The lowest BCUT2D eigenvalue weighted by Gasteiger charge is -2.06. The molecular formula is C13H17N3O2. The minimum Gasteiger partial charge on any atom is -0.383 e. The molecule has 0 radical (unpaired) electrons. The van der Waals surface area contributed by atoms with Gasteiger partial charge in [-0.2, -0.15) is 4.98 Å². The van der Waals surface area contributed by atoms with Gasteiger partial charge in [-0.25, -0.2) is 0 Å². The van der Waals surface area contributed by atoms with Crippen molar-refractivity contribution >= 4 is 0 Å². The van der Waals surface area contributed by atoms with Crippen molar-refractivity contribution in [3.63, 3.8) is 0 Å². The van der Waals surface area contributed by atoms with Crippen molar-refractivity contribution in [3.8, 4) is 0 Å². The molecule has 0 spiro atoms. The molecule has 96 valence electrons. The Balaban J connectivity index is 2.15. The van der Waals surface area contributed by atoms with Gasteiger partial charge in [-0.05, 0) is 12.5 Å². The lowest BCUT2D eigenvalue weighted by atomic mass is 10.0. The molecule has 0 aliphatic carbocycles. The Kier molecular flexibility index (Phi) is 4.07. The Morgan fingerprint density at radius 3 is 2.72 bits per heavy atom. The van der Waals surface area contributed by atoms with Gasteiger partial charge in [0.15, 0.2) is 5.82 Å². The molecule has 0 saturated heterocycles. The summed E-state index contributed by atoms with van der Waals surface area (Å²) in [5.74, 6) is 1.11. The van der Waals surface area contributed by atoms with Crippen molar-refractivity contribution in [2.75, 3.05) is 13.7 Å². The molecule has 1 aromatic heterocycles. The average molecular weight is 247 g/mol. The highest BCUT2D eigenvalue weighted by Crippen LogP contribution is 2.22. The minimum atomic E-state index is -0.351. The second kappa shape index (κ2) is 5.75. The van der Waals surface area contributed by atoms with E-state index in [-0.39, 0.29) is 12.0 Å². The van der Waals surface area contributed by atoms with E-state index >= 15 is 0 Å². The van der Waals surface area contributed by atoms with Crippen LogP contribution in [0.5, 0.6) is 0 Å². The maximum absolute atomic E-state index is 5.85. The Hall–Kier alpha value is -1.72. The third-order valence-electron chi connectivity index (χ3n) is 2.81. The molecule has 18 heavy (non-hydrogen) atoms. The van der Waals surface area contributed by atoms with Crippen molar-refractivity contribution in [2.24, 2.45) is 5.73 Å². The maximum atomic E-state index is 5.85. The molecule has 0 aliphatic heterocycles. The second-order valence-electron chi connectivity index (χ2n) is 4.19. The molecule has 2 N–H and O–H groups in total. The third-order valence-corrected chi connectivity index (χ3v) is 2.81. The maximum Gasteiger partial charge on any atom is 0.233 e. The summed E-state index contributed by atoms with van der Waals surface area (Å²) in [6.07, 6.45) is 0. The Morgan fingerprint density at radius 2 is 2.06 bits per heavy atom. The lowest BCUT2D eigenvalue weighted by molar-refractivity contribution is 0.177. The zero-order chi connectivity index (χ0) is 13.0. The summed E-state index contributed by atoms with van der Waals surface area (Å²) >= 11 is 0. The molecule has 0 fully saturated rings. The molecule has 2 aromatic rings. The fraction of sp³-hybridized carbons (Fsp3) is 0.385. The van der Waals surface area contributed by atoms with Gasteiger partial charge in [0.1, 0.15) is 0 Å². The number of nitrogens with two attached hydrogens (primary N) is 1. The van der Waals surface area contributed by atoms with Crippen LogP contribution >= 0.6 is 0 Å². The first-order valence-electron chi connectivity index (χ1n) is 5.85. The van der Waals surface area contributed by atoms with Gasteiger partial charge in [0, 0.05) is 7.11 Å². The molecule has 0 bridgehead atoms. The molecule has 5 nitrogen and oxygen atoms in total. The molecule has 5 heteroatoms. The lowest BCUT2D eigenvalue weighted by Crippen LogP contribution is -2.17. The summed E-state index contributed by atoms with van der Waals surface area (Å²) in [6, 6.07) is 9.66. The van der Waals surface area contributed by atoms with E-state index < -0.39 is 0 Å². The Morgan fingerprint density at radius 1 is 1.33 bits per heavy atom. The smallest absolute Gasteiger partial charge is 0.233 e. The monoisotopic (exact) mass is 247 g/mol. The summed E-state index contributed by atoms with van der Waals surface area (Å²) in [5, 5.41) is 3.89. The normalized spacial score (nSPS) is 14.4. The van der Waals surface area contributed by atoms with Gasteiger partial charge < -0.3 is 15.0 Å². The Bertz CT molecular complexity index is 484. The van der Waals surface area contributed by atoms with E-state index in [1.165, 1.54) is 0 Å². The fourth-order valence-corrected chi connectivity index (χ4v) is 1.71. The van der Waals surface area contributed by atoms with Crippen LogP contribution in [0.4, 0.5) is 0 Å². The standard InChI is InChI=1S/C13H17N3O2/c1-9(10-6-4-3-5-7-10)13-15-12(16-18-13)11(14)8-17-2/h3-7,9,11H,8,14H2,1-2H3. The average Bonchev–Trinajstić information content (AvgIpc) is 2.89. The number of hydrogen-bond acceptors (Lipinski definition) is 5. The molecule has 2 atom stereocenters. The zero-order valence-corrected chi connectivity index (χ0v) is 10.5. The summed E-state index contributed by atoms with van der Waals surface area (Å²) in [6.45, 7) is 2.40. The van der Waals surface area contributed by atoms with Crippen LogP contribution in [-0.2, 0) is 4.74 Å². The topological polar surface area (TPSA) is 74.2 Å². The highest BCUT2D eigenvalue weighted by Gasteiger charge is 2.19. The summed E-state index contributed by atoms with van der Waals surface area (Å²) in [4.78, 5) is 4.32. The third kappa shape index (κ3) is 2.75. The number of methoxy groups -OCH3 is 1.